The molecule has 0 fully saturated rings. The van der Waals surface area contributed by atoms with Gasteiger partial charge in [0.15, 0.2) is 0 Å². The molecule has 47 heavy (non-hydrogen) atoms. The van der Waals surface area contributed by atoms with Crippen LogP contribution < -0.4 is 0 Å². The van der Waals surface area contributed by atoms with Crippen LogP contribution in [0, 0.1) is 0 Å². The molecule has 9 rings (SSSR count). The molecule has 0 spiro atoms. The second-order valence-corrected chi connectivity index (χ2v) is 11.5. The molecule has 9 aromatic rings. The van der Waals surface area contributed by atoms with Gasteiger partial charge in [0.05, 0.1) is 39.5 Å². The van der Waals surface area contributed by atoms with Crippen molar-refractivity contribution in [2.45, 2.75) is 0 Å². The van der Waals surface area contributed by atoms with Crippen molar-refractivity contribution in [1.82, 2.24) is 24.5 Å². The molecule has 5 nitrogen and oxygen atoms in total. The van der Waals surface area contributed by atoms with E-state index in [-0.39, 0.29) is 0 Å². The summed E-state index contributed by atoms with van der Waals surface area (Å²) in [5.41, 5.74) is 9.58. The molecule has 0 bridgehead atoms. The molecule has 5 heteroatoms. The summed E-state index contributed by atoms with van der Waals surface area (Å²) in [6.45, 7) is 0. The van der Waals surface area contributed by atoms with E-state index in [1.807, 2.05) is 30.5 Å². The molecule has 0 atom stereocenters. The van der Waals surface area contributed by atoms with E-state index in [1.54, 1.807) is 6.20 Å². The number of para-hydroxylation sites is 1. The number of pyridine rings is 4. The number of nitrogens with zero attached hydrogens (tertiary/aromatic N) is 5. The Balaban J connectivity index is 1.26. The third-order valence-corrected chi connectivity index (χ3v) is 8.71. The molecule has 0 saturated carbocycles. The SMILES string of the molecule is c1ccc(-c2nccc3c2c2ccccc2n3-c2cccc(-c3cc(-c4ccccn4)nc(-c4cccc5ccccc45)c3)n2)cc1. The quantitative estimate of drug-likeness (QED) is 0.197. The average molecular weight is 602 g/mol. The minimum Gasteiger partial charge on any atom is -0.294 e. The first-order valence-corrected chi connectivity index (χ1v) is 15.6. The molecule has 0 unspecified atom stereocenters. The van der Waals surface area contributed by atoms with Gasteiger partial charge in [-0.2, -0.15) is 0 Å². The molecule has 0 amide bonds. The molecule has 0 aliphatic rings. The summed E-state index contributed by atoms with van der Waals surface area (Å²) in [6, 6.07) is 52.1. The van der Waals surface area contributed by atoms with E-state index >= 15 is 0 Å². The number of benzene rings is 4. The Morgan fingerprint density at radius 2 is 1.17 bits per heavy atom. The zero-order chi connectivity index (χ0) is 31.2. The van der Waals surface area contributed by atoms with Crippen LogP contribution in [0.1, 0.15) is 0 Å². The Morgan fingerprint density at radius 3 is 2.06 bits per heavy atom. The Kier molecular flexibility index (Phi) is 6.39. The van der Waals surface area contributed by atoms with E-state index < -0.39 is 0 Å². The summed E-state index contributed by atoms with van der Waals surface area (Å²) in [7, 11) is 0. The highest BCUT2D eigenvalue weighted by Crippen LogP contribution is 2.38. The van der Waals surface area contributed by atoms with Gasteiger partial charge in [-0.3, -0.25) is 14.5 Å². The summed E-state index contributed by atoms with van der Waals surface area (Å²) >= 11 is 0. The van der Waals surface area contributed by atoms with E-state index in [9.17, 15) is 0 Å². The maximum Gasteiger partial charge on any atom is 0.138 e. The van der Waals surface area contributed by atoms with Crippen molar-refractivity contribution in [3.05, 3.63) is 164 Å². The maximum absolute atomic E-state index is 5.31. The summed E-state index contributed by atoms with van der Waals surface area (Å²) in [5.74, 6) is 0.835. The minimum absolute atomic E-state index is 0.800. The zero-order valence-electron chi connectivity index (χ0n) is 25.3. The molecule has 4 aromatic carbocycles. The second-order valence-electron chi connectivity index (χ2n) is 11.5. The van der Waals surface area contributed by atoms with E-state index in [0.717, 1.165) is 78.2 Å². The topological polar surface area (TPSA) is 56.5 Å². The lowest BCUT2D eigenvalue weighted by Crippen LogP contribution is -1.99. The fourth-order valence-corrected chi connectivity index (χ4v) is 6.59. The van der Waals surface area contributed by atoms with E-state index in [2.05, 4.69) is 137 Å². The van der Waals surface area contributed by atoms with Crippen molar-refractivity contribution in [2.75, 3.05) is 0 Å². The lowest BCUT2D eigenvalue weighted by Gasteiger charge is -2.13. The monoisotopic (exact) mass is 601 g/mol. The first-order chi connectivity index (χ1) is 23.3. The van der Waals surface area contributed by atoms with Gasteiger partial charge in [-0.15, -0.1) is 0 Å². The molecule has 5 aromatic heterocycles. The van der Waals surface area contributed by atoms with Crippen LogP contribution >= 0.6 is 0 Å². The third kappa shape index (κ3) is 4.64. The van der Waals surface area contributed by atoms with Crippen LogP contribution in [-0.2, 0) is 0 Å². The normalized spacial score (nSPS) is 11.4. The minimum atomic E-state index is 0.800. The molecular formula is C42H27N5. The van der Waals surface area contributed by atoms with Gasteiger partial charge in [-0.25, -0.2) is 9.97 Å². The molecule has 5 heterocycles. The smallest absolute Gasteiger partial charge is 0.138 e. The number of rotatable bonds is 5. The van der Waals surface area contributed by atoms with Crippen LogP contribution in [0.2, 0.25) is 0 Å². The fourth-order valence-electron chi connectivity index (χ4n) is 6.59. The van der Waals surface area contributed by atoms with Crippen molar-refractivity contribution >= 4 is 32.6 Å². The highest BCUT2D eigenvalue weighted by atomic mass is 15.1. The lowest BCUT2D eigenvalue weighted by atomic mass is 9.99. The van der Waals surface area contributed by atoms with E-state index in [4.69, 9.17) is 15.0 Å². The van der Waals surface area contributed by atoms with E-state index in [1.165, 1.54) is 5.39 Å². The van der Waals surface area contributed by atoms with Gasteiger partial charge in [0.1, 0.15) is 5.82 Å². The maximum atomic E-state index is 5.31. The third-order valence-electron chi connectivity index (χ3n) is 8.71. The fraction of sp³-hybridized carbons (Fsp3) is 0. The van der Waals surface area contributed by atoms with Crippen LogP contribution in [0.3, 0.4) is 0 Å². The van der Waals surface area contributed by atoms with E-state index in [0.29, 0.717) is 0 Å². The van der Waals surface area contributed by atoms with Crippen LogP contribution in [0.15, 0.2) is 164 Å². The first kappa shape index (κ1) is 26.9. The lowest BCUT2D eigenvalue weighted by molar-refractivity contribution is 1.08. The number of hydrogen-bond acceptors (Lipinski definition) is 4. The Bertz CT molecular complexity index is 2570. The summed E-state index contributed by atoms with van der Waals surface area (Å²) in [6.07, 6.45) is 3.70. The molecule has 0 saturated heterocycles. The highest BCUT2D eigenvalue weighted by molar-refractivity contribution is 6.14. The van der Waals surface area contributed by atoms with Crippen molar-refractivity contribution in [3.63, 3.8) is 0 Å². The molecule has 0 radical (unpaired) electrons. The predicted molar refractivity (Wildman–Crippen MR) is 191 cm³/mol. The van der Waals surface area contributed by atoms with Gasteiger partial charge in [-0.05, 0) is 59.3 Å². The number of hydrogen-bond donors (Lipinski definition) is 0. The van der Waals surface area contributed by atoms with Crippen molar-refractivity contribution in [2.24, 2.45) is 0 Å². The van der Waals surface area contributed by atoms with Gasteiger partial charge < -0.3 is 0 Å². The number of aromatic nitrogens is 5. The van der Waals surface area contributed by atoms with Gasteiger partial charge in [0, 0.05) is 39.9 Å². The molecular weight excluding hydrogens is 574 g/mol. The largest absolute Gasteiger partial charge is 0.294 e. The average Bonchev–Trinajstić information content (AvgIpc) is 3.50. The molecule has 0 N–H and O–H groups in total. The van der Waals surface area contributed by atoms with Crippen LogP contribution in [-0.4, -0.2) is 24.5 Å². The van der Waals surface area contributed by atoms with Gasteiger partial charge in [0.25, 0.3) is 0 Å². The van der Waals surface area contributed by atoms with Crippen molar-refractivity contribution in [1.29, 1.82) is 0 Å². The Hall–Kier alpha value is -6.46. The molecule has 220 valence electrons. The Labute approximate surface area is 271 Å². The van der Waals surface area contributed by atoms with Crippen LogP contribution in [0.4, 0.5) is 0 Å². The molecule has 0 aliphatic carbocycles. The number of fused-ring (bicyclic) bond motifs is 4. The standard InChI is InChI=1S/C42H27N5/c1-2-13-29(14-3-1)42-41-33-17-6-7-21-38(33)47(39(41)23-25-44-42)40-22-11-20-34(46-40)30-26-36(45-37(27-30)35-19-8-9-24-43-35)32-18-10-15-28-12-4-5-16-31(28)32/h1-27H. The Morgan fingerprint density at radius 1 is 0.426 bits per heavy atom. The van der Waals surface area contributed by atoms with Gasteiger partial charge in [-0.1, -0.05) is 103 Å². The first-order valence-electron chi connectivity index (χ1n) is 15.6. The summed E-state index contributed by atoms with van der Waals surface area (Å²) in [4.78, 5) is 20.0. The van der Waals surface area contributed by atoms with Crippen LogP contribution in [0.5, 0.6) is 0 Å². The second kappa shape index (κ2) is 11.2. The molecule has 0 aliphatic heterocycles. The zero-order valence-corrected chi connectivity index (χ0v) is 25.3. The highest BCUT2D eigenvalue weighted by Gasteiger charge is 2.18. The van der Waals surface area contributed by atoms with Crippen LogP contribution in [0.25, 0.3) is 83.6 Å². The summed E-state index contributed by atoms with van der Waals surface area (Å²) < 4.78 is 2.24. The predicted octanol–water partition coefficient (Wildman–Crippen LogP) is 10.2. The van der Waals surface area contributed by atoms with Crippen molar-refractivity contribution < 1.29 is 0 Å². The summed E-state index contributed by atoms with van der Waals surface area (Å²) in [5, 5.41) is 4.58. The van der Waals surface area contributed by atoms with Gasteiger partial charge >= 0.3 is 0 Å². The van der Waals surface area contributed by atoms with Crippen molar-refractivity contribution in [3.8, 4) is 51.0 Å². The van der Waals surface area contributed by atoms with Gasteiger partial charge in [0.2, 0.25) is 0 Å².